The molecule has 1 saturated carbocycles. The molecule has 0 atom stereocenters. The molecule has 0 aliphatic heterocycles. The van der Waals surface area contributed by atoms with Gasteiger partial charge in [-0.3, -0.25) is 4.79 Å². The molecule has 0 saturated heterocycles. The summed E-state index contributed by atoms with van der Waals surface area (Å²) in [5.74, 6) is 1.08. The summed E-state index contributed by atoms with van der Waals surface area (Å²) in [5.41, 5.74) is 1.28. The molecule has 2 rings (SSSR count). The summed E-state index contributed by atoms with van der Waals surface area (Å²) in [5, 5.41) is 3.16. The van der Waals surface area contributed by atoms with Crippen molar-refractivity contribution in [1.29, 1.82) is 0 Å². The molecule has 0 radical (unpaired) electrons. The maximum atomic E-state index is 11.8. The number of amides is 1. The Morgan fingerprint density at radius 2 is 1.89 bits per heavy atom. The summed E-state index contributed by atoms with van der Waals surface area (Å²) in [6, 6.07) is 8.91. The van der Waals surface area contributed by atoms with Crippen molar-refractivity contribution < 1.29 is 4.79 Å². The van der Waals surface area contributed by atoms with Crippen LogP contribution in [0.2, 0.25) is 0 Å². The van der Waals surface area contributed by atoms with E-state index >= 15 is 0 Å². The molecule has 0 aromatic heterocycles. The molecule has 1 aliphatic rings. The SMILES string of the molecule is Cc1ccc(SCCC(=O)NC2CCCCC2)cc1. The Balaban J connectivity index is 1.64. The van der Waals surface area contributed by atoms with E-state index in [9.17, 15) is 4.79 Å². The minimum atomic E-state index is 0.214. The lowest BCUT2D eigenvalue weighted by Crippen LogP contribution is -2.36. The second-order valence-electron chi connectivity index (χ2n) is 5.31. The van der Waals surface area contributed by atoms with Crippen molar-refractivity contribution >= 4 is 17.7 Å². The van der Waals surface area contributed by atoms with Crippen molar-refractivity contribution in [3.05, 3.63) is 29.8 Å². The summed E-state index contributed by atoms with van der Waals surface area (Å²) >= 11 is 1.76. The van der Waals surface area contributed by atoms with Gasteiger partial charge >= 0.3 is 0 Å². The van der Waals surface area contributed by atoms with E-state index < -0.39 is 0 Å². The molecular weight excluding hydrogens is 254 g/mol. The smallest absolute Gasteiger partial charge is 0.221 e. The first-order valence-corrected chi connectivity index (χ1v) is 8.21. The average Bonchev–Trinajstić information content (AvgIpc) is 2.42. The fourth-order valence-electron chi connectivity index (χ4n) is 2.44. The van der Waals surface area contributed by atoms with E-state index in [1.165, 1.54) is 29.7 Å². The summed E-state index contributed by atoms with van der Waals surface area (Å²) in [6.07, 6.45) is 6.81. The molecule has 2 nitrogen and oxygen atoms in total. The molecule has 1 N–H and O–H groups in total. The zero-order valence-corrected chi connectivity index (χ0v) is 12.5. The average molecular weight is 277 g/mol. The Bertz CT molecular complexity index is 396. The zero-order chi connectivity index (χ0) is 13.5. The highest BCUT2D eigenvalue weighted by molar-refractivity contribution is 7.99. The first-order chi connectivity index (χ1) is 9.24. The highest BCUT2D eigenvalue weighted by Gasteiger charge is 2.15. The Kier molecular flexibility index (Phi) is 5.77. The van der Waals surface area contributed by atoms with E-state index in [2.05, 4.69) is 36.5 Å². The van der Waals surface area contributed by atoms with E-state index in [0.717, 1.165) is 18.6 Å². The topological polar surface area (TPSA) is 29.1 Å². The van der Waals surface area contributed by atoms with Crippen LogP contribution in [0.1, 0.15) is 44.1 Å². The maximum Gasteiger partial charge on any atom is 0.221 e. The van der Waals surface area contributed by atoms with Crippen LogP contribution in [-0.4, -0.2) is 17.7 Å². The van der Waals surface area contributed by atoms with Crippen LogP contribution in [0.15, 0.2) is 29.2 Å². The minimum Gasteiger partial charge on any atom is -0.353 e. The van der Waals surface area contributed by atoms with Gasteiger partial charge in [0.05, 0.1) is 0 Å². The molecule has 1 aliphatic carbocycles. The van der Waals surface area contributed by atoms with Crippen molar-refractivity contribution in [3.63, 3.8) is 0 Å². The molecule has 1 fully saturated rings. The molecular formula is C16H23NOS. The van der Waals surface area contributed by atoms with E-state index in [1.807, 2.05) is 0 Å². The number of hydrogen-bond acceptors (Lipinski definition) is 2. The molecule has 3 heteroatoms. The van der Waals surface area contributed by atoms with Crippen molar-refractivity contribution in [1.82, 2.24) is 5.32 Å². The van der Waals surface area contributed by atoms with Gasteiger partial charge < -0.3 is 5.32 Å². The van der Waals surface area contributed by atoms with Gasteiger partial charge in [0, 0.05) is 23.1 Å². The van der Waals surface area contributed by atoms with Crippen molar-refractivity contribution in [2.24, 2.45) is 0 Å². The summed E-state index contributed by atoms with van der Waals surface area (Å²) < 4.78 is 0. The minimum absolute atomic E-state index is 0.214. The number of hydrogen-bond donors (Lipinski definition) is 1. The number of rotatable bonds is 5. The van der Waals surface area contributed by atoms with Crippen molar-refractivity contribution in [2.45, 2.75) is 56.4 Å². The monoisotopic (exact) mass is 277 g/mol. The molecule has 0 spiro atoms. The predicted molar refractivity (Wildman–Crippen MR) is 81.5 cm³/mol. The molecule has 0 heterocycles. The number of carbonyl (C=O) groups excluding carboxylic acids is 1. The summed E-state index contributed by atoms with van der Waals surface area (Å²) in [6.45, 7) is 2.09. The standard InChI is InChI=1S/C16H23NOS/c1-13-7-9-15(10-8-13)19-12-11-16(18)17-14-5-3-2-4-6-14/h7-10,14H,2-6,11-12H2,1H3,(H,17,18). The van der Waals surface area contributed by atoms with Crippen LogP contribution >= 0.6 is 11.8 Å². The van der Waals surface area contributed by atoms with Crippen LogP contribution in [0.4, 0.5) is 0 Å². The van der Waals surface area contributed by atoms with Crippen LogP contribution in [0.25, 0.3) is 0 Å². The predicted octanol–water partition coefficient (Wildman–Crippen LogP) is 3.93. The van der Waals surface area contributed by atoms with E-state index in [4.69, 9.17) is 0 Å². The van der Waals surface area contributed by atoms with Gasteiger partial charge in [0.25, 0.3) is 0 Å². The summed E-state index contributed by atoms with van der Waals surface area (Å²) in [4.78, 5) is 13.1. The van der Waals surface area contributed by atoms with Gasteiger partial charge in [-0.25, -0.2) is 0 Å². The third kappa shape index (κ3) is 5.27. The van der Waals surface area contributed by atoms with E-state index in [0.29, 0.717) is 12.5 Å². The Morgan fingerprint density at radius 3 is 2.58 bits per heavy atom. The number of aryl methyl sites for hydroxylation is 1. The third-order valence-corrected chi connectivity index (χ3v) is 4.60. The molecule has 1 amide bonds. The van der Waals surface area contributed by atoms with Crippen LogP contribution < -0.4 is 5.32 Å². The Morgan fingerprint density at radius 1 is 1.21 bits per heavy atom. The second kappa shape index (κ2) is 7.59. The quantitative estimate of drug-likeness (QED) is 0.826. The third-order valence-electron chi connectivity index (χ3n) is 3.59. The lowest BCUT2D eigenvalue weighted by atomic mass is 9.95. The van der Waals surface area contributed by atoms with Gasteiger partial charge in [-0.15, -0.1) is 11.8 Å². The normalized spacial score (nSPS) is 16.3. The molecule has 104 valence electrons. The van der Waals surface area contributed by atoms with Gasteiger partial charge in [-0.05, 0) is 31.9 Å². The number of thioether (sulfide) groups is 1. The molecule has 1 aromatic carbocycles. The van der Waals surface area contributed by atoms with E-state index in [-0.39, 0.29) is 5.91 Å². The number of benzene rings is 1. The highest BCUT2D eigenvalue weighted by atomic mass is 32.2. The van der Waals surface area contributed by atoms with Gasteiger partial charge in [-0.1, -0.05) is 37.0 Å². The zero-order valence-electron chi connectivity index (χ0n) is 11.7. The van der Waals surface area contributed by atoms with Gasteiger partial charge in [0.2, 0.25) is 5.91 Å². The lowest BCUT2D eigenvalue weighted by Gasteiger charge is -2.22. The largest absolute Gasteiger partial charge is 0.353 e. The van der Waals surface area contributed by atoms with Gasteiger partial charge in [-0.2, -0.15) is 0 Å². The second-order valence-corrected chi connectivity index (χ2v) is 6.48. The molecule has 0 unspecified atom stereocenters. The summed E-state index contributed by atoms with van der Waals surface area (Å²) in [7, 11) is 0. The first kappa shape index (κ1) is 14.4. The maximum absolute atomic E-state index is 11.8. The van der Waals surface area contributed by atoms with Crippen LogP contribution in [0.5, 0.6) is 0 Å². The van der Waals surface area contributed by atoms with Crippen LogP contribution in [-0.2, 0) is 4.79 Å². The van der Waals surface area contributed by atoms with E-state index in [1.54, 1.807) is 11.8 Å². The Labute approximate surface area is 120 Å². The van der Waals surface area contributed by atoms with Gasteiger partial charge in [0.15, 0.2) is 0 Å². The number of nitrogens with one attached hydrogen (secondary N) is 1. The van der Waals surface area contributed by atoms with Crippen LogP contribution in [0.3, 0.4) is 0 Å². The lowest BCUT2D eigenvalue weighted by molar-refractivity contribution is -0.121. The highest BCUT2D eigenvalue weighted by Crippen LogP contribution is 2.20. The van der Waals surface area contributed by atoms with Crippen LogP contribution in [0, 0.1) is 6.92 Å². The fourth-order valence-corrected chi connectivity index (χ4v) is 3.29. The first-order valence-electron chi connectivity index (χ1n) is 7.23. The van der Waals surface area contributed by atoms with Crippen molar-refractivity contribution in [3.8, 4) is 0 Å². The van der Waals surface area contributed by atoms with Crippen molar-refractivity contribution in [2.75, 3.05) is 5.75 Å². The Hall–Kier alpha value is -0.960. The number of carbonyl (C=O) groups is 1. The molecule has 0 bridgehead atoms. The molecule has 19 heavy (non-hydrogen) atoms. The molecule has 1 aromatic rings. The van der Waals surface area contributed by atoms with Gasteiger partial charge in [0.1, 0.15) is 0 Å². The fraction of sp³-hybridized carbons (Fsp3) is 0.562.